The molecular weight excluding hydrogens is 459 g/mol. The van der Waals surface area contributed by atoms with Crippen LogP contribution in [0.3, 0.4) is 0 Å². The molecule has 4 aromatic rings. The molecule has 0 fully saturated rings. The molecule has 2 aromatic carbocycles. The molecule has 0 saturated heterocycles. The van der Waals surface area contributed by atoms with Crippen molar-refractivity contribution in [2.24, 2.45) is 0 Å². The lowest BCUT2D eigenvalue weighted by Crippen LogP contribution is -2.32. The highest BCUT2D eigenvalue weighted by molar-refractivity contribution is 7.99. The number of carbonyl (C=O) groups excluding carboxylic acids is 1. The van der Waals surface area contributed by atoms with Gasteiger partial charge in [0.1, 0.15) is 17.1 Å². The van der Waals surface area contributed by atoms with E-state index in [1.807, 2.05) is 35.9 Å². The number of rotatable bonds is 11. The number of halogens is 1. The Kier molecular flexibility index (Phi) is 7.96. The highest BCUT2D eigenvalue weighted by Gasteiger charge is 2.20. The van der Waals surface area contributed by atoms with Crippen LogP contribution in [0.15, 0.2) is 66.1 Å². The number of thioether (sulfide) groups is 1. The number of carbonyl (C=O) groups is 1. The molecule has 0 aliphatic carbocycles. The monoisotopic (exact) mass is 484 g/mol. The Morgan fingerprint density at radius 3 is 2.85 bits per heavy atom. The molecule has 2 heterocycles. The second-order valence-electron chi connectivity index (χ2n) is 7.28. The van der Waals surface area contributed by atoms with Crippen molar-refractivity contribution in [2.75, 3.05) is 23.8 Å². The summed E-state index contributed by atoms with van der Waals surface area (Å²) in [5, 5.41) is 0.680. The standard InChI is InChI=1S/C24H25FN4O2S2/c1-2-31-20-5-3-6-21-23(20)27-24(33-21)29(14-4-13-28-15-12-26-17-28)22(30)11-16-32-19-9-7-18(25)8-10-19/h3,5-10,12,15,17H,2,4,11,13-14,16H2,1H3. The summed E-state index contributed by atoms with van der Waals surface area (Å²) in [7, 11) is 0. The minimum Gasteiger partial charge on any atom is -0.492 e. The van der Waals surface area contributed by atoms with Crippen LogP contribution in [0.4, 0.5) is 9.52 Å². The number of para-hydroxylation sites is 1. The van der Waals surface area contributed by atoms with E-state index in [9.17, 15) is 9.18 Å². The summed E-state index contributed by atoms with van der Waals surface area (Å²) in [6.45, 7) is 3.82. The van der Waals surface area contributed by atoms with Crippen molar-refractivity contribution in [1.82, 2.24) is 14.5 Å². The lowest BCUT2D eigenvalue weighted by atomic mass is 10.3. The van der Waals surface area contributed by atoms with Gasteiger partial charge < -0.3 is 9.30 Å². The summed E-state index contributed by atoms with van der Waals surface area (Å²) in [6.07, 6.45) is 6.58. The number of ether oxygens (including phenoxy) is 1. The summed E-state index contributed by atoms with van der Waals surface area (Å²) < 4.78 is 21.8. The minimum absolute atomic E-state index is 0.0206. The summed E-state index contributed by atoms with van der Waals surface area (Å²) >= 11 is 3.04. The summed E-state index contributed by atoms with van der Waals surface area (Å²) in [4.78, 5) is 24.8. The van der Waals surface area contributed by atoms with E-state index in [4.69, 9.17) is 9.72 Å². The maximum absolute atomic E-state index is 13.2. The van der Waals surface area contributed by atoms with Gasteiger partial charge in [0.15, 0.2) is 5.13 Å². The van der Waals surface area contributed by atoms with Gasteiger partial charge in [-0.15, -0.1) is 11.8 Å². The van der Waals surface area contributed by atoms with Gasteiger partial charge in [0.05, 0.1) is 17.6 Å². The molecule has 4 rings (SSSR count). The first-order valence-electron chi connectivity index (χ1n) is 10.8. The van der Waals surface area contributed by atoms with Gasteiger partial charge in [-0.25, -0.2) is 14.4 Å². The van der Waals surface area contributed by atoms with Gasteiger partial charge >= 0.3 is 0 Å². The summed E-state index contributed by atoms with van der Waals surface area (Å²) in [5.74, 6) is 1.10. The Hall–Kier alpha value is -2.91. The smallest absolute Gasteiger partial charge is 0.229 e. The van der Waals surface area contributed by atoms with Crippen molar-refractivity contribution >= 4 is 44.4 Å². The number of amides is 1. The van der Waals surface area contributed by atoms with Crippen LogP contribution in [0, 0.1) is 5.82 Å². The van der Waals surface area contributed by atoms with Crippen molar-refractivity contribution in [2.45, 2.75) is 31.2 Å². The van der Waals surface area contributed by atoms with Gasteiger partial charge in [-0.2, -0.15) is 0 Å². The number of fused-ring (bicyclic) bond motifs is 1. The van der Waals surface area contributed by atoms with Crippen LogP contribution in [0.1, 0.15) is 19.8 Å². The van der Waals surface area contributed by atoms with E-state index in [1.165, 1.54) is 23.5 Å². The third kappa shape index (κ3) is 6.11. The van der Waals surface area contributed by atoms with E-state index in [2.05, 4.69) is 4.98 Å². The van der Waals surface area contributed by atoms with Crippen LogP contribution in [-0.2, 0) is 11.3 Å². The van der Waals surface area contributed by atoms with Crippen molar-refractivity contribution < 1.29 is 13.9 Å². The molecule has 0 aliphatic heterocycles. The topological polar surface area (TPSA) is 60.2 Å². The van der Waals surface area contributed by atoms with Crippen molar-refractivity contribution in [1.29, 1.82) is 0 Å². The number of nitrogens with zero attached hydrogens (tertiary/aromatic N) is 4. The third-order valence-electron chi connectivity index (χ3n) is 4.96. The largest absolute Gasteiger partial charge is 0.492 e. The van der Waals surface area contributed by atoms with E-state index in [-0.39, 0.29) is 11.7 Å². The molecule has 33 heavy (non-hydrogen) atoms. The van der Waals surface area contributed by atoms with Crippen molar-refractivity contribution in [3.63, 3.8) is 0 Å². The SMILES string of the molecule is CCOc1cccc2sc(N(CCCn3ccnc3)C(=O)CCSc3ccc(F)cc3)nc12. The zero-order valence-electron chi connectivity index (χ0n) is 18.3. The molecule has 0 atom stereocenters. The molecule has 0 spiro atoms. The van der Waals surface area contributed by atoms with Crippen LogP contribution in [0.25, 0.3) is 10.2 Å². The predicted molar refractivity (Wildman–Crippen MR) is 132 cm³/mol. The number of aryl methyl sites for hydroxylation is 1. The molecule has 0 saturated carbocycles. The van der Waals surface area contributed by atoms with Crippen LogP contribution in [-0.4, -0.2) is 39.3 Å². The first-order valence-corrected chi connectivity index (χ1v) is 12.6. The van der Waals surface area contributed by atoms with Gasteiger partial charge in [0, 0.05) is 42.6 Å². The Labute approximate surface area is 200 Å². The molecule has 6 nitrogen and oxygen atoms in total. The zero-order valence-corrected chi connectivity index (χ0v) is 19.9. The number of anilines is 1. The summed E-state index contributed by atoms with van der Waals surface area (Å²) in [5.41, 5.74) is 0.785. The molecule has 0 radical (unpaired) electrons. The Morgan fingerprint density at radius 1 is 1.24 bits per heavy atom. The van der Waals surface area contributed by atoms with E-state index < -0.39 is 0 Å². The number of hydrogen-bond acceptors (Lipinski definition) is 6. The fourth-order valence-corrected chi connectivity index (χ4v) is 5.25. The average Bonchev–Trinajstić information content (AvgIpc) is 3.48. The first-order chi connectivity index (χ1) is 16.1. The van der Waals surface area contributed by atoms with Crippen LogP contribution < -0.4 is 9.64 Å². The predicted octanol–water partition coefficient (Wildman–Crippen LogP) is 5.64. The average molecular weight is 485 g/mol. The van der Waals surface area contributed by atoms with Crippen molar-refractivity contribution in [3.05, 3.63) is 67.0 Å². The normalized spacial score (nSPS) is 11.1. The van der Waals surface area contributed by atoms with Gasteiger partial charge in [0.25, 0.3) is 0 Å². The fourth-order valence-electron chi connectivity index (χ4n) is 3.38. The van der Waals surface area contributed by atoms with E-state index in [0.717, 1.165) is 33.8 Å². The Bertz CT molecular complexity index is 1180. The van der Waals surface area contributed by atoms with Gasteiger partial charge in [-0.1, -0.05) is 17.4 Å². The molecule has 0 unspecified atom stereocenters. The third-order valence-corrected chi connectivity index (χ3v) is 7.02. The summed E-state index contributed by atoms with van der Waals surface area (Å²) in [6, 6.07) is 12.2. The van der Waals surface area contributed by atoms with Gasteiger partial charge in [0.2, 0.25) is 5.91 Å². The Morgan fingerprint density at radius 2 is 2.09 bits per heavy atom. The Balaban J connectivity index is 1.48. The van der Waals surface area contributed by atoms with E-state index in [1.54, 1.807) is 41.3 Å². The lowest BCUT2D eigenvalue weighted by molar-refractivity contribution is -0.118. The number of imidazole rings is 1. The molecule has 9 heteroatoms. The van der Waals surface area contributed by atoms with E-state index >= 15 is 0 Å². The van der Waals surface area contributed by atoms with Crippen LogP contribution in [0.2, 0.25) is 0 Å². The number of aromatic nitrogens is 3. The maximum atomic E-state index is 13.2. The number of hydrogen-bond donors (Lipinski definition) is 0. The van der Waals surface area contributed by atoms with Gasteiger partial charge in [-0.05, 0) is 49.7 Å². The van der Waals surface area contributed by atoms with Crippen molar-refractivity contribution in [3.8, 4) is 5.75 Å². The molecule has 172 valence electrons. The minimum atomic E-state index is -0.262. The van der Waals surface area contributed by atoms with Crippen LogP contribution >= 0.6 is 23.1 Å². The van der Waals surface area contributed by atoms with Gasteiger partial charge in [-0.3, -0.25) is 9.69 Å². The molecule has 0 bridgehead atoms. The molecule has 0 N–H and O–H groups in total. The lowest BCUT2D eigenvalue weighted by Gasteiger charge is -2.20. The number of thiazole rings is 1. The maximum Gasteiger partial charge on any atom is 0.229 e. The fraction of sp³-hybridized carbons (Fsp3) is 0.292. The number of benzene rings is 2. The van der Waals surface area contributed by atoms with E-state index in [0.29, 0.717) is 30.5 Å². The second-order valence-corrected chi connectivity index (χ2v) is 9.46. The van der Waals surface area contributed by atoms with Crippen LogP contribution in [0.5, 0.6) is 5.75 Å². The molecule has 0 aliphatic rings. The highest BCUT2D eigenvalue weighted by Crippen LogP contribution is 2.34. The quantitative estimate of drug-likeness (QED) is 0.258. The molecule has 2 aromatic heterocycles. The second kappa shape index (κ2) is 11.3. The molecule has 1 amide bonds. The molecular formula is C24H25FN4O2S2. The first kappa shape index (κ1) is 23.3. The highest BCUT2D eigenvalue weighted by atomic mass is 32.2. The zero-order chi connectivity index (χ0) is 23.0.